The van der Waals surface area contributed by atoms with Crippen LogP contribution in [0.25, 0.3) is 0 Å². The molecule has 8 heteroatoms. The average molecular weight is 451 g/mol. The molecule has 1 saturated heterocycles. The van der Waals surface area contributed by atoms with Crippen LogP contribution in [0.5, 0.6) is 5.75 Å². The van der Waals surface area contributed by atoms with Gasteiger partial charge in [-0.15, -0.1) is 11.3 Å². The van der Waals surface area contributed by atoms with Gasteiger partial charge >= 0.3 is 0 Å². The summed E-state index contributed by atoms with van der Waals surface area (Å²) in [5.41, 5.74) is 2.45. The minimum absolute atomic E-state index is 0.0332. The van der Waals surface area contributed by atoms with E-state index in [1.807, 2.05) is 41.5 Å². The first kappa shape index (κ1) is 22.0. The van der Waals surface area contributed by atoms with Gasteiger partial charge in [0.15, 0.2) is 0 Å². The molecule has 0 aliphatic carbocycles. The van der Waals surface area contributed by atoms with Crippen molar-refractivity contribution < 1.29 is 14.3 Å². The predicted molar refractivity (Wildman–Crippen MR) is 122 cm³/mol. The number of carbonyl (C=O) groups is 2. The highest BCUT2D eigenvalue weighted by atomic mass is 32.1. The number of pyridine rings is 1. The number of hydrogen-bond donors (Lipinski definition) is 1. The molecule has 1 fully saturated rings. The van der Waals surface area contributed by atoms with Gasteiger partial charge in [-0.3, -0.25) is 14.6 Å². The molecule has 1 aliphatic heterocycles. The van der Waals surface area contributed by atoms with Gasteiger partial charge in [0, 0.05) is 48.9 Å². The van der Waals surface area contributed by atoms with Crippen molar-refractivity contribution in [1.82, 2.24) is 20.2 Å². The molecule has 1 N–H and O–H groups in total. The fraction of sp³-hybridized carbons (Fsp3) is 0.333. The van der Waals surface area contributed by atoms with Crippen LogP contribution in [0.4, 0.5) is 0 Å². The molecule has 4 rings (SSSR count). The van der Waals surface area contributed by atoms with E-state index in [1.54, 1.807) is 35.9 Å². The molecule has 0 saturated carbocycles. The van der Waals surface area contributed by atoms with Crippen LogP contribution in [0, 0.1) is 12.8 Å². The highest BCUT2D eigenvalue weighted by Gasteiger charge is 2.27. The fourth-order valence-corrected chi connectivity index (χ4v) is 4.31. The maximum Gasteiger partial charge on any atom is 0.253 e. The third kappa shape index (κ3) is 5.70. The lowest BCUT2D eigenvalue weighted by Crippen LogP contribution is -2.42. The predicted octanol–water partition coefficient (Wildman–Crippen LogP) is 3.59. The molecule has 166 valence electrons. The number of benzene rings is 1. The van der Waals surface area contributed by atoms with Crippen LogP contribution in [0.15, 0.2) is 54.2 Å². The molecule has 0 bridgehead atoms. The van der Waals surface area contributed by atoms with Gasteiger partial charge < -0.3 is 15.0 Å². The molecule has 0 spiro atoms. The van der Waals surface area contributed by atoms with E-state index in [9.17, 15) is 9.59 Å². The monoisotopic (exact) mass is 450 g/mol. The Morgan fingerprint density at radius 1 is 1.22 bits per heavy atom. The number of piperidine rings is 1. The summed E-state index contributed by atoms with van der Waals surface area (Å²) in [6.45, 7) is 3.93. The van der Waals surface area contributed by atoms with Gasteiger partial charge in [0.1, 0.15) is 12.4 Å². The van der Waals surface area contributed by atoms with Crippen molar-refractivity contribution in [1.29, 1.82) is 0 Å². The lowest BCUT2D eigenvalue weighted by Gasteiger charge is -2.31. The van der Waals surface area contributed by atoms with Crippen LogP contribution >= 0.6 is 11.3 Å². The molecule has 2 aromatic heterocycles. The molecule has 2 amide bonds. The normalized spacial score (nSPS) is 14.2. The van der Waals surface area contributed by atoms with E-state index in [2.05, 4.69) is 15.3 Å². The molecule has 32 heavy (non-hydrogen) atoms. The number of likely N-dealkylation sites (tertiary alicyclic amines) is 1. The number of carbonyl (C=O) groups excluding carboxylic acids is 2. The van der Waals surface area contributed by atoms with Gasteiger partial charge in [0.05, 0.1) is 10.7 Å². The molecule has 0 unspecified atom stereocenters. The van der Waals surface area contributed by atoms with Crippen LogP contribution in [0.3, 0.4) is 0 Å². The third-order valence-corrected chi connectivity index (χ3v) is 6.30. The highest BCUT2D eigenvalue weighted by Crippen LogP contribution is 2.22. The first-order valence-corrected chi connectivity index (χ1v) is 11.6. The number of nitrogens with one attached hydrogen (secondary N) is 1. The van der Waals surface area contributed by atoms with E-state index in [0.29, 0.717) is 50.4 Å². The molecular formula is C24H26N4O3S. The first-order chi connectivity index (χ1) is 15.6. The molecule has 0 radical (unpaired) electrons. The van der Waals surface area contributed by atoms with Crippen LogP contribution < -0.4 is 10.1 Å². The van der Waals surface area contributed by atoms with Crippen LogP contribution in [0.2, 0.25) is 0 Å². The summed E-state index contributed by atoms with van der Waals surface area (Å²) in [5, 5.41) is 5.95. The number of aromatic nitrogens is 2. The Morgan fingerprint density at radius 3 is 2.78 bits per heavy atom. The molecule has 0 atom stereocenters. The second-order valence-corrected chi connectivity index (χ2v) is 8.88. The van der Waals surface area contributed by atoms with Gasteiger partial charge in [-0.1, -0.05) is 12.1 Å². The van der Waals surface area contributed by atoms with E-state index in [0.717, 1.165) is 16.3 Å². The maximum atomic E-state index is 13.0. The molecule has 3 aromatic rings. The minimum Gasteiger partial charge on any atom is -0.487 e. The number of ether oxygens (including phenoxy) is 1. The Bertz CT molecular complexity index is 1060. The zero-order valence-corrected chi connectivity index (χ0v) is 18.8. The van der Waals surface area contributed by atoms with E-state index in [4.69, 9.17) is 4.74 Å². The summed E-state index contributed by atoms with van der Waals surface area (Å²) in [6, 6.07) is 11.0. The molecule has 1 aliphatic rings. The summed E-state index contributed by atoms with van der Waals surface area (Å²) < 4.78 is 5.81. The van der Waals surface area contributed by atoms with Gasteiger partial charge in [0.2, 0.25) is 5.91 Å². The Hall–Kier alpha value is -3.26. The molecular weight excluding hydrogens is 424 g/mol. The van der Waals surface area contributed by atoms with Gasteiger partial charge in [-0.2, -0.15) is 0 Å². The summed E-state index contributed by atoms with van der Waals surface area (Å²) >= 11 is 1.59. The zero-order valence-electron chi connectivity index (χ0n) is 18.0. The van der Waals surface area contributed by atoms with Crippen molar-refractivity contribution >= 4 is 23.2 Å². The van der Waals surface area contributed by atoms with Crippen molar-refractivity contribution in [2.45, 2.75) is 32.9 Å². The number of amides is 2. The van der Waals surface area contributed by atoms with Crippen LogP contribution in [0.1, 0.15) is 39.5 Å². The van der Waals surface area contributed by atoms with Crippen LogP contribution in [-0.2, 0) is 17.9 Å². The molecule has 1 aromatic carbocycles. The van der Waals surface area contributed by atoms with Crippen molar-refractivity contribution in [2.75, 3.05) is 13.1 Å². The van der Waals surface area contributed by atoms with Crippen molar-refractivity contribution in [3.63, 3.8) is 0 Å². The van der Waals surface area contributed by atoms with Gasteiger partial charge in [-0.25, -0.2) is 4.98 Å². The summed E-state index contributed by atoms with van der Waals surface area (Å²) in [5.74, 6) is 0.570. The summed E-state index contributed by atoms with van der Waals surface area (Å²) in [7, 11) is 0. The maximum absolute atomic E-state index is 13.0. The summed E-state index contributed by atoms with van der Waals surface area (Å²) in [4.78, 5) is 35.7. The Balaban J connectivity index is 1.27. The third-order valence-electron chi connectivity index (χ3n) is 5.48. The Morgan fingerprint density at radius 2 is 2.06 bits per heavy atom. The second kappa shape index (κ2) is 10.4. The largest absolute Gasteiger partial charge is 0.487 e. The number of hydrogen-bond acceptors (Lipinski definition) is 6. The van der Waals surface area contributed by atoms with Crippen molar-refractivity contribution in [2.24, 2.45) is 5.92 Å². The SMILES string of the molecule is Cc1nc(COc2cccc(C(=O)N3CCC(C(=O)NCc4cccnc4)CC3)c2)cs1. The smallest absolute Gasteiger partial charge is 0.253 e. The van der Waals surface area contributed by atoms with E-state index >= 15 is 0 Å². The Labute approximate surface area is 191 Å². The van der Waals surface area contributed by atoms with Crippen molar-refractivity contribution in [3.8, 4) is 5.75 Å². The number of aryl methyl sites for hydroxylation is 1. The van der Waals surface area contributed by atoms with E-state index in [-0.39, 0.29) is 17.7 Å². The lowest BCUT2D eigenvalue weighted by molar-refractivity contribution is -0.126. The minimum atomic E-state index is -0.0769. The van der Waals surface area contributed by atoms with E-state index < -0.39 is 0 Å². The number of nitrogens with zero attached hydrogens (tertiary/aromatic N) is 3. The zero-order chi connectivity index (χ0) is 22.3. The fourth-order valence-electron chi connectivity index (χ4n) is 3.71. The number of thiazole rings is 1. The standard InChI is InChI=1S/C24H26N4O3S/c1-17-27-21(16-32-17)15-31-22-6-2-5-20(12-22)24(30)28-10-7-19(8-11-28)23(29)26-14-18-4-3-9-25-13-18/h2-6,9,12-13,16,19H,7-8,10-11,14-15H2,1H3,(H,26,29). The molecule has 3 heterocycles. The topological polar surface area (TPSA) is 84.4 Å². The van der Waals surface area contributed by atoms with Gasteiger partial charge in [-0.05, 0) is 49.6 Å². The number of rotatable bonds is 7. The average Bonchev–Trinajstić information content (AvgIpc) is 3.27. The van der Waals surface area contributed by atoms with Crippen molar-refractivity contribution in [3.05, 3.63) is 76.0 Å². The Kier molecular flexibility index (Phi) is 7.11. The molecule has 7 nitrogen and oxygen atoms in total. The lowest BCUT2D eigenvalue weighted by atomic mass is 9.95. The highest BCUT2D eigenvalue weighted by molar-refractivity contribution is 7.09. The second-order valence-electron chi connectivity index (χ2n) is 7.82. The van der Waals surface area contributed by atoms with E-state index in [1.165, 1.54) is 0 Å². The quantitative estimate of drug-likeness (QED) is 0.595. The van der Waals surface area contributed by atoms with Gasteiger partial charge in [0.25, 0.3) is 5.91 Å². The summed E-state index contributed by atoms with van der Waals surface area (Å²) in [6.07, 6.45) is 4.77. The first-order valence-electron chi connectivity index (χ1n) is 10.7. The van der Waals surface area contributed by atoms with Crippen LogP contribution in [-0.4, -0.2) is 39.8 Å².